The molecular formula is C14H22O. The Morgan fingerprint density at radius 3 is 2.53 bits per heavy atom. The van der Waals surface area contributed by atoms with Gasteiger partial charge in [0.15, 0.2) is 5.78 Å². The molecule has 1 aliphatic carbocycles. The van der Waals surface area contributed by atoms with Crippen molar-refractivity contribution in [2.75, 3.05) is 0 Å². The van der Waals surface area contributed by atoms with E-state index in [1.165, 1.54) is 5.57 Å². The fraction of sp³-hybridized carbons (Fsp3) is 0.643. The number of hydrogen-bond acceptors (Lipinski definition) is 1. The molecule has 0 fully saturated rings. The van der Waals surface area contributed by atoms with Gasteiger partial charge in [-0.1, -0.05) is 32.4 Å². The molecule has 0 aromatic rings. The lowest BCUT2D eigenvalue weighted by Gasteiger charge is -2.36. The molecule has 0 aromatic heterocycles. The maximum absolute atomic E-state index is 12.0. The maximum Gasteiger partial charge on any atom is 0.181 e. The zero-order valence-electron chi connectivity index (χ0n) is 10.6. The summed E-state index contributed by atoms with van der Waals surface area (Å²) in [5, 5.41) is 0. The molecule has 0 heterocycles. The van der Waals surface area contributed by atoms with Crippen molar-refractivity contribution >= 4 is 5.78 Å². The van der Waals surface area contributed by atoms with Crippen LogP contribution in [0.2, 0.25) is 0 Å². The van der Waals surface area contributed by atoms with E-state index in [9.17, 15) is 4.79 Å². The largest absolute Gasteiger partial charge is 0.290 e. The van der Waals surface area contributed by atoms with Gasteiger partial charge in [0.25, 0.3) is 0 Å². The molecule has 0 aromatic carbocycles. The number of allylic oxidation sites excluding steroid dienone is 4. The first-order chi connectivity index (χ1) is 6.88. The topological polar surface area (TPSA) is 17.1 Å². The fourth-order valence-corrected chi connectivity index (χ4v) is 3.03. The van der Waals surface area contributed by atoms with E-state index in [-0.39, 0.29) is 11.2 Å². The van der Waals surface area contributed by atoms with Crippen molar-refractivity contribution in [3.8, 4) is 0 Å². The summed E-state index contributed by atoms with van der Waals surface area (Å²) in [5.41, 5.74) is 2.36. The normalized spacial score (nSPS) is 26.1. The molecule has 0 saturated heterocycles. The molecule has 0 radical (unpaired) electrons. The SMILES string of the molecule is C/C=C/C(=O)C1=C(C)CC(C)CC1(C)C. The van der Waals surface area contributed by atoms with Crippen molar-refractivity contribution in [2.24, 2.45) is 11.3 Å². The second kappa shape index (κ2) is 4.34. The van der Waals surface area contributed by atoms with Crippen molar-refractivity contribution in [1.29, 1.82) is 0 Å². The van der Waals surface area contributed by atoms with Crippen LogP contribution in [0.3, 0.4) is 0 Å². The summed E-state index contributed by atoms with van der Waals surface area (Å²) in [7, 11) is 0. The van der Waals surface area contributed by atoms with E-state index >= 15 is 0 Å². The number of ketones is 1. The average Bonchev–Trinajstić information content (AvgIpc) is 1.99. The molecule has 1 nitrogen and oxygen atoms in total. The monoisotopic (exact) mass is 206 g/mol. The van der Waals surface area contributed by atoms with E-state index < -0.39 is 0 Å². The molecule has 84 valence electrons. The highest BCUT2D eigenvalue weighted by Gasteiger charge is 2.34. The van der Waals surface area contributed by atoms with Crippen molar-refractivity contribution in [3.63, 3.8) is 0 Å². The van der Waals surface area contributed by atoms with Crippen LogP contribution in [0.25, 0.3) is 0 Å². The molecule has 0 aliphatic heterocycles. The van der Waals surface area contributed by atoms with Crippen LogP contribution in [-0.2, 0) is 4.79 Å². The molecule has 0 bridgehead atoms. The van der Waals surface area contributed by atoms with Gasteiger partial charge in [-0.2, -0.15) is 0 Å². The van der Waals surface area contributed by atoms with Crippen molar-refractivity contribution < 1.29 is 4.79 Å². The van der Waals surface area contributed by atoms with E-state index in [2.05, 4.69) is 27.7 Å². The Kier molecular flexibility index (Phi) is 3.54. The Morgan fingerprint density at radius 1 is 1.47 bits per heavy atom. The summed E-state index contributed by atoms with van der Waals surface area (Å²) in [4.78, 5) is 12.0. The molecule has 1 rings (SSSR count). The van der Waals surface area contributed by atoms with E-state index in [1.807, 2.05) is 13.0 Å². The highest BCUT2D eigenvalue weighted by atomic mass is 16.1. The summed E-state index contributed by atoms with van der Waals surface area (Å²) in [6.07, 6.45) is 5.71. The maximum atomic E-state index is 12.0. The zero-order chi connectivity index (χ0) is 11.6. The highest BCUT2D eigenvalue weighted by molar-refractivity contribution is 6.05. The van der Waals surface area contributed by atoms with Crippen molar-refractivity contribution in [1.82, 2.24) is 0 Å². The average molecular weight is 206 g/mol. The molecule has 0 spiro atoms. The third-order valence-corrected chi connectivity index (χ3v) is 3.18. The van der Waals surface area contributed by atoms with Gasteiger partial charge < -0.3 is 0 Å². The minimum Gasteiger partial charge on any atom is -0.290 e. The van der Waals surface area contributed by atoms with E-state index in [0.29, 0.717) is 5.92 Å². The van der Waals surface area contributed by atoms with Gasteiger partial charge in [-0.05, 0) is 44.1 Å². The van der Waals surface area contributed by atoms with Crippen LogP contribution >= 0.6 is 0 Å². The predicted octanol–water partition coefficient (Wildman–Crippen LogP) is 3.90. The lowest BCUT2D eigenvalue weighted by molar-refractivity contribution is -0.112. The van der Waals surface area contributed by atoms with Crippen LogP contribution in [0.5, 0.6) is 0 Å². The van der Waals surface area contributed by atoms with Crippen LogP contribution in [0.15, 0.2) is 23.3 Å². The Hall–Kier alpha value is -0.850. The molecule has 1 unspecified atom stereocenters. The molecule has 1 aliphatic rings. The van der Waals surface area contributed by atoms with Crippen molar-refractivity contribution in [2.45, 2.75) is 47.5 Å². The van der Waals surface area contributed by atoms with Crippen LogP contribution in [-0.4, -0.2) is 5.78 Å². The number of rotatable bonds is 2. The molecule has 15 heavy (non-hydrogen) atoms. The number of carbonyl (C=O) groups excluding carboxylic acids is 1. The first-order valence-electron chi connectivity index (χ1n) is 5.75. The third-order valence-electron chi connectivity index (χ3n) is 3.18. The first-order valence-corrected chi connectivity index (χ1v) is 5.75. The standard InChI is InChI=1S/C14H22O/c1-6-7-12(15)13-11(3)8-10(2)9-14(13,4)5/h6-7,10H,8-9H2,1-5H3/b7-6+. The summed E-state index contributed by atoms with van der Waals surface area (Å²) in [5.74, 6) is 0.897. The van der Waals surface area contributed by atoms with E-state index in [4.69, 9.17) is 0 Å². The quantitative estimate of drug-likeness (QED) is 0.626. The minimum atomic E-state index is 0.0400. The van der Waals surface area contributed by atoms with E-state index in [1.54, 1.807) is 6.08 Å². The first kappa shape index (κ1) is 12.2. The molecule has 1 atom stereocenters. The van der Waals surface area contributed by atoms with Crippen LogP contribution in [0.4, 0.5) is 0 Å². The lowest BCUT2D eigenvalue weighted by atomic mass is 9.67. The Balaban J connectivity index is 3.11. The molecule has 0 amide bonds. The summed E-state index contributed by atoms with van der Waals surface area (Å²) in [6.45, 7) is 10.6. The second-order valence-corrected chi connectivity index (χ2v) is 5.42. The number of hydrogen-bond donors (Lipinski definition) is 0. The summed E-state index contributed by atoms with van der Waals surface area (Å²) < 4.78 is 0. The molecule has 0 saturated carbocycles. The molecule has 0 N–H and O–H groups in total. The minimum absolute atomic E-state index is 0.0400. The Bertz CT molecular complexity index is 318. The van der Waals surface area contributed by atoms with E-state index in [0.717, 1.165) is 18.4 Å². The van der Waals surface area contributed by atoms with Crippen LogP contribution < -0.4 is 0 Å². The molecular weight excluding hydrogens is 184 g/mol. The van der Waals surface area contributed by atoms with Gasteiger partial charge in [-0.25, -0.2) is 0 Å². The summed E-state index contributed by atoms with van der Waals surface area (Å²) >= 11 is 0. The van der Waals surface area contributed by atoms with Gasteiger partial charge in [0.1, 0.15) is 0 Å². The van der Waals surface area contributed by atoms with Gasteiger partial charge in [0.2, 0.25) is 0 Å². The second-order valence-electron chi connectivity index (χ2n) is 5.42. The fourth-order valence-electron chi connectivity index (χ4n) is 3.03. The number of carbonyl (C=O) groups is 1. The molecule has 1 heteroatoms. The van der Waals surface area contributed by atoms with Gasteiger partial charge in [-0.15, -0.1) is 0 Å². The van der Waals surface area contributed by atoms with Gasteiger partial charge >= 0.3 is 0 Å². The highest BCUT2D eigenvalue weighted by Crippen LogP contribution is 2.43. The zero-order valence-corrected chi connectivity index (χ0v) is 10.6. The van der Waals surface area contributed by atoms with Crippen LogP contribution in [0.1, 0.15) is 47.5 Å². The Morgan fingerprint density at radius 2 is 2.07 bits per heavy atom. The van der Waals surface area contributed by atoms with Gasteiger partial charge in [0, 0.05) is 5.57 Å². The van der Waals surface area contributed by atoms with Gasteiger partial charge in [-0.3, -0.25) is 4.79 Å². The lowest BCUT2D eigenvalue weighted by Crippen LogP contribution is -2.28. The summed E-state index contributed by atoms with van der Waals surface area (Å²) in [6, 6.07) is 0. The smallest absolute Gasteiger partial charge is 0.181 e. The third kappa shape index (κ3) is 2.58. The van der Waals surface area contributed by atoms with Crippen molar-refractivity contribution in [3.05, 3.63) is 23.3 Å². The Labute approximate surface area is 93.3 Å². The van der Waals surface area contributed by atoms with Crippen LogP contribution in [0, 0.1) is 11.3 Å². The predicted molar refractivity (Wildman–Crippen MR) is 64.7 cm³/mol. The van der Waals surface area contributed by atoms with Gasteiger partial charge in [0.05, 0.1) is 0 Å².